The van der Waals surface area contributed by atoms with E-state index < -0.39 is 0 Å². The van der Waals surface area contributed by atoms with Gasteiger partial charge in [0.2, 0.25) is 0 Å². The zero-order valence-electron chi connectivity index (χ0n) is 13.0. The van der Waals surface area contributed by atoms with E-state index in [0.29, 0.717) is 15.0 Å². The highest BCUT2D eigenvalue weighted by Crippen LogP contribution is 2.36. The largest absolute Gasteiger partial charge is 0.297 e. The average molecular weight is 373 g/mol. The third-order valence-electron chi connectivity index (χ3n) is 3.79. The second-order valence-electron chi connectivity index (χ2n) is 5.64. The number of halogens is 1. The van der Waals surface area contributed by atoms with Crippen LogP contribution >= 0.6 is 34.3 Å². The quantitative estimate of drug-likeness (QED) is 0.466. The monoisotopic (exact) mass is 372 g/mol. The minimum atomic E-state index is -0.213. The summed E-state index contributed by atoms with van der Waals surface area (Å²) in [5.74, 6) is -0.213. The van der Waals surface area contributed by atoms with Gasteiger partial charge in [0.1, 0.15) is 4.88 Å². The highest BCUT2D eigenvalue weighted by Gasteiger charge is 2.18. The second-order valence-corrected chi connectivity index (χ2v) is 8.10. The van der Waals surface area contributed by atoms with Gasteiger partial charge >= 0.3 is 0 Å². The number of hydrogen-bond acceptors (Lipinski definition) is 4. The van der Waals surface area contributed by atoms with Gasteiger partial charge in [0.05, 0.1) is 15.2 Å². The van der Waals surface area contributed by atoms with E-state index in [1.807, 2.05) is 31.2 Å². The lowest BCUT2D eigenvalue weighted by molar-refractivity contribution is 0.103. The number of benzene rings is 2. The fraction of sp³-hybridized carbons (Fsp3) is 0.111. The number of aromatic nitrogens is 1. The zero-order chi connectivity index (χ0) is 16.8. The van der Waals surface area contributed by atoms with Crippen LogP contribution in [0, 0.1) is 13.8 Å². The minimum Gasteiger partial charge on any atom is -0.297 e. The fourth-order valence-electron chi connectivity index (χ4n) is 2.74. The van der Waals surface area contributed by atoms with E-state index in [-0.39, 0.29) is 5.91 Å². The van der Waals surface area contributed by atoms with Gasteiger partial charge in [-0.15, -0.1) is 11.3 Å². The first-order chi connectivity index (χ1) is 11.5. The van der Waals surface area contributed by atoms with E-state index >= 15 is 0 Å². The van der Waals surface area contributed by atoms with E-state index in [2.05, 4.69) is 29.4 Å². The van der Waals surface area contributed by atoms with Crippen LogP contribution in [0.4, 0.5) is 5.13 Å². The number of thiophene rings is 1. The van der Waals surface area contributed by atoms with Gasteiger partial charge in [-0.05, 0) is 37.1 Å². The lowest BCUT2D eigenvalue weighted by Gasteiger charge is -1.99. The number of aryl methyl sites for hydroxylation is 2. The van der Waals surface area contributed by atoms with Crippen LogP contribution in [0.3, 0.4) is 0 Å². The molecular formula is C18H13ClN2OS2. The van der Waals surface area contributed by atoms with Crippen molar-refractivity contribution < 1.29 is 4.79 Å². The van der Waals surface area contributed by atoms with Crippen LogP contribution in [0.1, 0.15) is 20.8 Å². The Morgan fingerprint density at radius 3 is 2.71 bits per heavy atom. The molecule has 2 heterocycles. The Morgan fingerprint density at radius 1 is 1.12 bits per heavy atom. The second kappa shape index (κ2) is 5.84. The summed E-state index contributed by atoms with van der Waals surface area (Å²) in [4.78, 5) is 17.7. The van der Waals surface area contributed by atoms with E-state index in [1.54, 1.807) is 0 Å². The maximum atomic E-state index is 12.6. The van der Waals surface area contributed by atoms with Gasteiger partial charge in [0.15, 0.2) is 5.13 Å². The van der Waals surface area contributed by atoms with Gasteiger partial charge < -0.3 is 0 Å². The molecule has 24 heavy (non-hydrogen) atoms. The topological polar surface area (TPSA) is 42.0 Å². The number of nitrogens with zero attached hydrogens (tertiary/aromatic N) is 1. The maximum Gasteiger partial charge on any atom is 0.269 e. The van der Waals surface area contributed by atoms with Gasteiger partial charge in [-0.3, -0.25) is 10.1 Å². The van der Waals surface area contributed by atoms with Crippen LogP contribution in [0.25, 0.3) is 20.3 Å². The molecule has 0 radical (unpaired) electrons. The van der Waals surface area contributed by atoms with Crippen molar-refractivity contribution in [3.05, 3.63) is 57.4 Å². The van der Waals surface area contributed by atoms with Crippen molar-refractivity contribution in [3.8, 4) is 0 Å². The summed E-state index contributed by atoms with van der Waals surface area (Å²) < 4.78 is 2.08. The molecule has 0 aliphatic heterocycles. The summed E-state index contributed by atoms with van der Waals surface area (Å²) in [6, 6.07) is 11.9. The smallest absolute Gasteiger partial charge is 0.269 e. The van der Waals surface area contributed by atoms with Gasteiger partial charge in [-0.2, -0.15) is 0 Å². The molecule has 0 saturated heterocycles. The molecule has 1 amide bonds. The molecule has 120 valence electrons. The van der Waals surface area contributed by atoms with E-state index in [0.717, 1.165) is 25.9 Å². The normalized spacial score (nSPS) is 11.3. The molecule has 4 rings (SSSR count). The van der Waals surface area contributed by atoms with Gasteiger partial charge in [0.25, 0.3) is 5.91 Å². The molecule has 0 bridgehead atoms. The molecule has 0 fully saturated rings. The Kier molecular flexibility index (Phi) is 3.79. The number of carbonyl (C=O) groups is 1. The molecule has 1 N–H and O–H groups in total. The van der Waals surface area contributed by atoms with Crippen LogP contribution in [-0.2, 0) is 0 Å². The van der Waals surface area contributed by atoms with Crippen molar-refractivity contribution in [3.63, 3.8) is 0 Å². The van der Waals surface area contributed by atoms with E-state index in [1.165, 1.54) is 28.2 Å². The Hall–Kier alpha value is -1.95. The van der Waals surface area contributed by atoms with Gasteiger partial charge in [-0.1, -0.05) is 47.2 Å². The highest BCUT2D eigenvalue weighted by atomic mass is 35.5. The maximum absolute atomic E-state index is 12.6. The SMILES string of the molecule is Cc1cc(C)c2nc(NC(=O)c3sc4ccccc4c3Cl)sc2c1. The molecular weight excluding hydrogens is 360 g/mol. The zero-order valence-corrected chi connectivity index (χ0v) is 15.4. The summed E-state index contributed by atoms with van der Waals surface area (Å²) in [6.07, 6.45) is 0. The Bertz CT molecular complexity index is 1100. The summed E-state index contributed by atoms with van der Waals surface area (Å²) in [7, 11) is 0. The van der Waals surface area contributed by atoms with Gasteiger partial charge in [0, 0.05) is 10.1 Å². The summed E-state index contributed by atoms with van der Waals surface area (Å²) >= 11 is 9.25. The van der Waals surface area contributed by atoms with Crippen molar-refractivity contribution in [1.82, 2.24) is 4.98 Å². The molecule has 4 aromatic rings. The first-order valence-corrected chi connectivity index (χ1v) is 9.40. The number of amides is 1. The highest BCUT2D eigenvalue weighted by molar-refractivity contribution is 7.23. The van der Waals surface area contributed by atoms with Crippen LogP contribution in [0.5, 0.6) is 0 Å². The lowest BCUT2D eigenvalue weighted by atomic mass is 10.1. The van der Waals surface area contributed by atoms with Crippen LogP contribution in [0.15, 0.2) is 36.4 Å². The standard InChI is InChI=1S/C18H13ClN2OS2/c1-9-7-10(2)15-13(8-9)24-18(20-15)21-17(22)16-14(19)11-5-3-4-6-12(11)23-16/h3-8H,1-2H3,(H,20,21,22). The molecule has 0 unspecified atom stereocenters. The lowest BCUT2D eigenvalue weighted by Crippen LogP contribution is -2.10. The van der Waals surface area contributed by atoms with Crippen molar-refractivity contribution in [2.75, 3.05) is 5.32 Å². The molecule has 0 aliphatic carbocycles. The number of hydrogen-bond donors (Lipinski definition) is 1. The van der Waals surface area contributed by atoms with Crippen LogP contribution in [-0.4, -0.2) is 10.9 Å². The number of rotatable bonds is 2. The molecule has 6 heteroatoms. The number of fused-ring (bicyclic) bond motifs is 2. The predicted octanol–water partition coefficient (Wildman–Crippen LogP) is 6.03. The van der Waals surface area contributed by atoms with Crippen LogP contribution < -0.4 is 5.32 Å². The van der Waals surface area contributed by atoms with Crippen molar-refractivity contribution in [2.45, 2.75) is 13.8 Å². The first-order valence-electron chi connectivity index (χ1n) is 7.39. The van der Waals surface area contributed by atoms with Crippen molar-refractivity contribution >= 4 is 65.6 Å². The fourth-order valence-corrected chi connectivity index (χ4v) is 5.19. The molecule has 3 nitrogen and oxygen atoms in total. The molecule has 0 spiro atoms. The summed E-state index contributed by atoms with van der Waals surface area (Å²) in [5.41, 5.74) is 3.24. The average Bonchev–Trinajstić information content (AvgIpc) is 3.09. The van der Waals surface area contributed by atoms with Crippen molar-refractivity contribution in [1.29, 1.82) is 0 Å². The van der Waals surface area contributed by atoms with E-state index in [4.69, 9.17) is 11.6 Å². The summed E-state index contributed by atoms with van der Waals surface area (Å²) in [6.45, 7) is 4.09. The van der Waals surface area contributed by atoms with Gasteiger partial charge in [-0.25, -0.2) is 4.98 Å². The molecule has 2 aromatic carbocycles. The Balaban J connectivity index is 1.70. The summed E-state index contributed by atoms with van der Waals surface area (Å²) in [5, 5.41) is 4.89. The predicted molar refractivity (Wildman–Crippen MR) is 104 cm³/mol. The van der Waals surface area contributed by atoms with Crippen LogP contribution in [0.2, 0.25) is 5.02 Å². The molecule has 0 aliphatic rings. The Labute approximate surface area is 151 Å². The Morgan fingerprint density at radius 2 is 1.92 bits per heavy atom. The third-order valence-corrected chi connectivity index (χ3v) is 6.38. The number of thiazole rings is 1. The number of carbonyl (C=O) groups excluding carboxylic acids is 1. The van der Waals surface area contributed by atoms with Crippen molar-refractivity contribution in [2.24, 2.45) is 0 Å². The molecule has 0 atom stereocenters. The minimum absolute atomic E-state index is 0.213. The first kappa shape index (κ1) is 15.6. The molecule has 2 aromatic heterocycles. The molecule has 0 saturated carbocycles. The number of anilines is 1. The van der Waals surface area contributed by atoms with E-state index in [9.17, 15) is 4.79 Å². The third kappa shape index (κ3) is 2.59. The number of nitrogens with one attached hydrogen (secondary N) is 1.